The molecule has 0 spiro atoms. The van der Waals surface area contributed by atoms with E-state index in [1.807, 2.05) is 0 Å². The molecule has 2 atom stereocenters. The zero-order valence-electron chi connectivity index (χ0n) is 10.9. The quantitative estimate of drug-likeness (QED) is 0.849. The van der Waals surface area contributed by atoms with Crippen LogP contribution in [-0.2, 0) is 10.7 Å². The van der Waals surface area contributed by atoms with Gasteiger partial charge in [-0.2, -0.15) is 0 Å². The second-order valence-corrected chi connectivity index (χ2v) is 4.71. The smallest absolute Gasteiger partial charge is 0.255 e. The third kappa shape index (κ3) is 2.75. The molecule has 0 aliphatic carbocycles. The molecule has 1 rings (SSSR count). The molecular formula is C12H13Cl2F2NO. The Balaban J connectivity index is 3.56. The molecule has 1 unspecified atom stereocenters. The summed E-state index contributed by atoms with van der Waals surface area (Å²) in [5, 5.41) is -0.0243. The molecule has 0 saturated heterocycles. The molecule has 0 fully saturated rings. The summed E-state index contributed by atoms with van der Waals surface area (Å²) in [6.07, 6.45) is 0. The molecule has 2 nitrogen and oxygen atoms in total. The summed E-state index contributed by atoms with van der Waals surface area (Å²) in [5.74, 6) is -4.31. The van der Waals surface area contributed by atoms with Crippen LogP contribution in [0.15, 0.2) is 12.1 Å². The van der Waals surface area contributed by atoms with Gasteiger partial charge in [0.2, 0.25) is 0 Å². The van der Waals surface area contributed by atoms with Gasteiger partial charge in [-0.3, -0.25) is 4.79 Å². The lowest BCUT2D eigenvalue weighted by molar-refractivity contribution is -0.129. The molecule has 0 aromatic heterocycles. The summed E-state index contributed by atoms with van der Waals surface area (Å²) < 4.78 is 35.9. The van der Waals surface area contributed by atoms with Crippen LogP contribution in [0.3, 0.4) is 0 Å². The van der Waals surface area contributed by atoms with Crippen LogP contribution in [0, 0.1) is 5.82 Å². The lowest BCUT2D eigenvalue weighted by Crippen LogP contribution is -2.41. The van der Waals surface area contributed by atoms with Crippen LogP contribution >= 0.6 is 23.2 Å². The molecular weight excluding hydrogens is 283 g/mol. The summed E-state index contributed by atoms with van der Waals surface area (Å²) >= 11 is 11.5. The molecule has 1 amide bonds. The van der Waals surface area contributed by atoms with E-state index in [-0.39, 0.29) is 22.0 Å². The lowest BCUT2D eigenvalue weighted by atomic mass is 9.83. The number of carbonyl (C=O) groups excluding carboxylic acids is 1. The van der Waals surface area contributed by atoms with Gasteiger partial charge in [0.25, 0.3) is 5.91 Å². The van der Waals surface area contributed by atoms with Gasteiger partial charge in [-0.15, -0.1) is 11.6 Å². The zero-order valence-corrected chi connectivity index (χ0v) is 11.4. The van der Waals surface area contributed by atoms with Crippen molar-refractivity contribution < 1.29 is 14.9 Å². The van der Waals surface area contributed by atoms with Crippen LogP contribution in [0.5, 0.6) is 0 Å². The average Bonchev–Trinajstić information content (AvgIpc) is 2.27. The summed E-state index contributed by atoms with van der Waals surface area (Å²) in [7, 11) is 0. The van der Waals surface area contributed by atoms with Gasteiger partial charge in [-0.25, -0.2) is 8.78 Å². The maximum Gasteiger partial charge on any atom is 0.255 e. The maximum absolute atomic E-state index is 14.4. The predicted octanol–water partition coefficient (Wildman–Crippen LogP) is 3.53. The summed E-state index contributed by atoms with van der Waals surface area (Å²) in [5.41, 5.74) is 2.36. The van der Waals surface area contributed by atoms with Crippen molar-refractivity contribution in [2.45, 2.75) is 31.3 Å². The Labute approximate surface area is 115 Å². The average molecular weight is 297 g/mol. The molecule has 100 valence electrons. The Morgan fingerprint density at radius 2 is 2.22 bits per heavy atom. The highest BCUT2D eigenvalue weighted by Crippen LogP contribution is 2.36. The SMILES string of the molecule is [2H][C@](C)(c1cc(F)cc(Cl)c1CCl)C(C)(F)C(N)=O. The second kappa shape index (κ2) is 5.41. The van der Waals surface area contributed by atoms with Crippen molar-refractivity contribution >= 4 is 29.1 Å². The number of carbonyl (C=O) groups is 1. The largest absolute Gasteiger partial charge is 0.367 e. The number of primary amides is 1. The monoisotopic (exact) mass is 296 g/mol. The van der Waals surface area contributed by atoms with Crippen LogP contribution < -0.4 is 5.73 Å². The van der Waals surface area contributed by atoms with E-state index < -0.39 is 23.3 Å². The van der Waals surface area contributed by atoms with Gasteiger partial charge in [-0.05, 0) is 30.2 Å². The molecule has 0 saturated carbocycles. The minimum Gasteiger partial charge on any atom is -0.367 e. The van der Waals surface area contributed by atoms with Gasteiger partial charge >= 0.3 is 0 Å². The summed E-state index contributed by atoms with van der Waals surface area (Å²) in [4.78, 5) is 11.2. The highest BCUT2D eigenvalue weighted by molar-refractivity contribution is 6.32. The molecule has 1 aromatic carbocycles. The minimum absolute atomic E-state index is 0.0243. The van der Waals surface area contributed by atoms with E-state index >= 15 is 0 Å². The molecule has 6 heteroatoms. The Hall–Kier alpha value is -0.870. The molecule has 0 bridgehead atoms. The minimum atomic E-state index is -2.70. The number of nitrogens with two attached hydrogens (primary N) is 1. The van der Waals surface area contributed by atoms with Crippen LogP contribution in [0.2, 0.25) is 5.02 Å². The normalized spacial score (nSPS) is 18.7. The second-order valence-electron chi connectivity index (χ2n) is 4.04. The van der Waals surface area contributed by atoms with E-state index in [0.717, 1.165) is 26.0 Å². The van der Waals surface area contributed by atoms with E-state index in [4.69, 9.17) is 30.3 Å². The van der Waals surface area contributed by atoms with E-state index in [2.05, 4.69) is 0 Å². The maximum atomic E-state index is 14.4. The molecule has 0 aliphatic rings. The Morgan fingerprint density at radius 1 is 1.67 bits per heavy atom. The standard InChI is InChI=1S/C12H13Cl2F2NO/c1-6(12(2,16)11(17)18)8-3-7(15)4-10(14)9(8)5-13/h3-4,6H,5H2,1-2H3,(H2,17,18)/t6-,12?/m0/s1/i6D. The lowest BCUT2D eigenvalue weighted by Gasteiger charge is -2.26. The van der Waals surface area contributed by atoms with Gasteiger partial charge in [0, 0.05) is 18.2 Å². The van der Waals surface area contributed by atoms with E-state index in [1.54, 1.807) is 0 Å². The van der Waals surface area contributed by atoms with Crippen molar-refractivity contribution in [2.75, 3.05) is 0 Å². The van der Waals surface area contributed by atoms with Crippen LogP contribution in [0.25, 0.3) is 0 Å². The number of halogens is 4. The molecule has 2 N–H and O–H groups in total. The van der Waals surface area contributed by atoms with E-state index in [1.165, 1.54) is 0 Å². The van der Waals surface area contributed by atoms with Gasteiger partial charge in [0.15, 0.2) is 5.67 Å². The number of hydrogen-bond acceptors (Lipinski definition) is 1. The Kier molecular flexibility index (Phi) is 4.07. The van der Waals surface area contributed by atoms with Crippen molar-refractivity contribution in [2.24, 2.45) is 5.73 Å². The number of amides is 1. The zero-order chi connectivity index (χ0) is 15.0. The van der Waals surface area contributed by atoms with Crippen LogP contribution in [0.4, 0.5) is 8.78 Å². The fourth-order valence-electron chi connectivity index (χ4n) is 1.51. The number of alkyl halides is 2. The van der Waals surface area contributed by atoms with E-state index in [9.17, 15) is 13.6 Å². The van der Waals surface area contributed by atoms with Gasteiger partial charge in [0.1, 0.15) is 5.82 Å². The highest BCUT2D eigenvalue weighted by atomic mass is 35.5. The topological polar surface area (TPSA) is 43.1 Å². The fourth-order valence-corrected chi connectivity index (χ4v) is 2.14. The van der Waals surface area contributed by atoms with Crippen molar-refractivity contribution in [3.8, 4) is 0 Å². The third-order valence-electron chi connectivity index (χ3n) is 2.86. The first-order valence-corrected chi connectivity index (χ1v) is 6.00. The van der Waals surface area contributed by atoms with Crippen molar-refractivity contribution in [3.63, 3.8) is 0 Å². The van der Waals surface area contributed by atoms with Crippen LogP contribution in [-0.4, -0.2) is 11.6 Å². The first-order valence-electron chi connectivity index (χ1n) is 5.59. The Bertz CT molecular complexity index is 521. The van der Waals surface area contributed by atoms with Crippen molar-refractivity contribution in [3.05, 3.63) is 34.1 Å². The third-order valence-corrected chi connectivity index (χ3v) is 3.47. The molecule has 18 heavy (non-hydrogen) atoms. The Morgan fingerprint density at radius 3 is 2.67 bits per heavy atom. The fraction of sp³-hybridized carbons (Fsp3) is 0.417. The first-order chi connectivity index (χ1) is 8.55. The highest BCUT2D eigenvalue weighted by Gasteiger charge is 2.39. The van der Waals surface area contributed by atoms with Crippen LogP contribution in [0.1, 0.15) is 32.2 Å². The number of benzene rings is 1. The molecule has 0 radical (unpaired) electrons. The van der Waals surface area contributed by atoms with E-state index in [0.29, 0.717) is 0 Å². The number of hydrogen-bond donors (Lipinski definition) is 1. The van der Waals surface area contributed by atoms with Gasteiger partial charge < -0.3 is 5.73 Å². The predicted molar refractivity (Wildman–Crippen MR) is 68.1 cm³/mol. The molecule has 0 aliphatic heterocycles. The summed E-state index contributed by atoms with van der Waals surface area (Å²) in [6.45, 7) is 2.00. The van der Waals surface area contributed by atoms with Crippen molar-refractivity contribution in [1.29, 1.82) is 0 Å². The first kappa shape index (κ1) is 13.6. The summed E-state index contributed by atoms with van der Waals surface area (Å²) in [6, 6.07) is 1.95. The van der Waals surface area contributed by atoms with Gasteiger partial charge in [0.05, 0.1) is 0 Å². The number of rotatable bonds is 4. The van der Waals surface area contributed by atoms with Gasteiger partial charge in [-0.1, -0.05) is 18.5 Å². The molecule has 0 heterocycles. The van der Waals surface area contributed by atoms with Crippen molar-refractivity contribution in [1.82, 2.24) is 0 Å². The molecule has 1 aromatic rings.